The largest absolute Gasteiger partial charge is 0.416 e. The number of rotatable bonds is 3. The number of alkyl halides is 3. The van der Waals surface area contributed by atoms with E-state index in [1.807, 2.05) is 0 Å². The number of carbonyl (C=O) groups is 2. The summed E-state index contributed by atoms with van der Waals surface area (Å²) < 4.78 is 37.5. The Bertz CT molecular complexity index is 570. The van der Waals surface area contributed by atoms with Crippen molar-refractivity contribution in [3.8, 4) is 0 Å². The summed E-state index contributed by atoms with van der Waals surface area (Å²) in [5.41, 5.74) is 4.76. The van der Waals surface area contributed by atoms with E-state index in [9.17, 15) is 22.8 Å². The van der Waals surface area contributed by atoms with Gasteiger partial charge in [0.05, 0.1) is 5.56 Å². The van der Waals surface area contributed by atoms with Crippen LogP contribution in [0.25, 0.3) is 0 Å². The van der Waals surface area contributed by atoms with Crippen LogP contribution in [0, 0.1) is 0 Å². The molecule has 1 heterocycles. The quantitative estimate of drug-likeness (QED) is 0.887. The molecule has 5 nitrogen and oxygen atoms in total. The number of nitrogens with two attached hydrogens (primary N) is 1. The Morgan fingerprint density at radius 3 is 1.96 bits per heavy atom. The summed E-state index contributed by atoms with van der Waals surface area (Å²) in [5, 5.41) is 0. The number of amides is 2. The highest BCUT2D eigenvalue weighted by Gasteiger charge is 2.31. The van der Waals surface area contributed by atoms with Crippen molar-refractivity contribution in [1.29, 1.82) is 0 Å². The minimum Gasteiger partial charge on any atom is -0.339 e. The second kappa shape index (κ2) is 8.34. The molecular weight excluding hydrogens is 347 g/mol. The highest BCUT2D eigenvalue weighted by Crippen LogP contribution is 2.29. The molecule has 2 N–H and O–H groups in total. The topological polar surface area (TPSA) is 66.6 Å². The maximum atomic E-state index is 12.5. The molecule has 0 aliphatic carbocycles. The number of halogens is 4. The van der Waals surface area contributed by atoms with Crippen LogP contribution in [0.2, 0.25) is 0 Å². The van der Waals surface area contributed by atoms with Crippen LogP contribution >= 0.6 is 12.4 Å². The van der Waals surface area contributed by atoms with Gasteiger partial charge in [-0.3, -0.25) is 9.59 Å². The Hall–Kier alpha value is -1.80. The van der Waals surface area contributed by atoms with Crippen LogP contribution < -0.4 is 5.73 Å². The van der Waals surface area contributed by atoms with E-state index in [2.05, 4.69) is 0 Å². The van der Waals surface area contributed by atoms with Crippen LogP contribution in [0.1, 0.15) is 22.3 Å². The first-order valence-corrected chi connectivity index (χ1v) is 7.27. The zero-order valence-corrected chi connectivity index (χ0v) is 13.7. The van der Waals surface area contributed by atoms with E-state index in [-0.39, 0.29) is 42.8 Å². The number of hydrogen-bond donors (Lipinski definition) is 1. The fraction of sp³-hybridized carbons (Fsp3) is 0.467. The van der Waals surface area contributed by atoms with Crippen molar-refractivity contribution in [2.75, 3.05) is 32.7 Å². The number of carbonyl (C=O) groups excluding carboxylic acids is 2. The molecule has 0 atom stereocenters. The van der Waals surface area contributed by atoms with Crippen LogP contribution in [0.5, 0.6) is 0 Å². The van der Waals surface area contributed by atoms with Gasteiger partial charge in [-0.05, 0) is 24.3 Å². The van der Waals surface area contributed by atoms with Gasteiger partial charge in [0.1, 0.15) is 0 Å². The monoisotopic (exact) mass is 365 g/mol. The van der Waals surface area contributed by atoms with Crippen molar-refractivity contribution < 1.29 is 22.8 Å². The molecule has 0 bridgehead atoms. The Balaban J connectivity index is 0.00000288. The van der Waals surface area contributed by atoms with Crippen LogP contribution in [0.3, 0.4) is 0 Å². The fourth-order valence-corrected chi connectivity index (χ4v) is 2.42. The Morgan fingerprint density at radius 2 is 1.50 bits per heavy atom. The summed E-state index contributed by atoms with van der Waals surface area (Å²) >= 11 is 0. The van der Waals surface area contributed by atoms with E-state index in [1.165, 1.54) is 17.0 Å². The molecule has 9 heteroatoms. The minimum absolute atomic E-state index is 0. The minimum atomic E-state index is -4.42. The average Bonchev–Trinajstić information content (AvgIpc) is 2.54. The predicted molar refractivity (Wildman–Crippen MR) is 84.8 cm³/mol. The normalized spacial score (nSPS) is 15.0. The van der Waals surface area contributed by atoms with Crippen molar-refractivity contribution in [3.05, 3.63) is 35.4 Å². The van der Waals surface area contributed by atoms with E-state index in [1.54, 1.807) is 4.90 Å². The average molecular weight is 366 g/mol. The lowest BCUT2D eigenvalue weighted by molar-refractivity contribution is -0.137. The first-order chi connectivity index (χ1) is 10.8. The van der Waals surface area contributed by atoms with Crippen molar-refractivity contribution in [1.82, 2.24) is 9.80 Å². The molecule has 0 spiro atoms. The van der Waals surface area contributed by atoms with Gasteiger partial charge in [0.2, 0.25) is 5.91 Å². The predicted octanol–water partition coefficient (Wildman–Crippen LogP) is 1.76. The molecule has 1 aromatic carbocycles. The van der Waals surface area contributed by atoms with Crippen molar-refractivity contribution in [3.63, 3.8) is 0 Å². The molecule has 0 aromatic heterocycles. The van der Waals surface area contributed by atoms with Crippen LogP contribution in [-0.4, -0.2) is 54.3 Å². The molecule has 24 heavy (non-hydrogen) atoms. The van der Waals surface area contributed by atoms with Gasteiger partial charge >= 0.3 is 6.18 Å². The number of piperazine rings is 1. The maximum absolute atomic E-state index is 12.5. The fourth-order valence-electron chi connectivity index (χ4n) is 2.42. The van der Waals surface area contributed by atoms with E-state index in [0.29, 0.717) is 26.2 Å². The van der Waals surface area contributed by atoms with E-state index in [0.717, 1.165) is 12.1 Å². The Morgan fingerprint density at radius 1 is 1.00 bits per heavy atom. The molecule has 1 aliphatic heterocycles. The Kier molecular flexibility index (Phi) is 7.04. The van der Waals surface area contributed by atoms with Gasteiger partial charge in [0.25, 0.3) is 5.91 Å². The van der Waals surface area contributed by atoms with E-state index in [4.69, 9.17) is 5.73 Å². The standard InChI is InChI=1S/C15H18F3N3O2.ClH/c16-15(17,18)12-3-1-11(2-4-12)14(23)21-9-7-20(8-10-21)13(22)5-6-19;/h1-4H,5-10,19H2;1H. The molecule has 2 rings (SSSR count). The van der Waals surface area contributed by atoms with E-state index < -0.39 is 11.7 Å². The molecule has 1 fully saturated rings. The third kappa shape index (κ3) is 4.85. The molecule has 0 saturated carbocycles. The summed E-state index contributed by atoms with van der Waals surface area (Å²) in [4.78, 5) is 27.2. The van der Waals surface area contributed by atoms with Gasteiger partial charge in [-0.25, -0.2) is 0 Å². The van der Waals surface area contributed by atoms with Gasteiger partial charge in [-0.15, -0.1) is 12.4 Å². The van der Waals surface area contributed by atoms with Gasteiger partial charge in [-0.1, -0.05) is 0 Å². The zero-order chi connectivity index (χ0) is 17.0. The van der Waals surface area contributed by atoms with Crippen LogP contribution in [-0.2, 0) is 11.0 Å². The lowest BCUT2D eigenvalue weighted by Crippen LogP contribution is -2.50. The van der Waals surface area contributed by atoms with Gasteiger partial charge in [-0.2, -0.15) is 13.2 Å². The third-order valence-electron chi connectivity index (χ3n) is 3.74. The summed E-state index contributed by atoms with van der Waals surface area (Å²) in [6.45, 7) is 1.81. The van der Waals surface area contributed by atoms with Crippen molar-refractivity contribution in [2.24, 2.45) is 5.73 Å². The lowest BCUT2D eigenvalue weighted by Gasteiger charge is -2.34. The zero-order valence-electron chi connectivity index (χ0n) is 12.9. The molecular formula is C15H19ClF3N3O2. The van der Waals surface area contributed by atoms with Gasteiger partial charge in [0.15, 0.2) is 0 Å². The first kappa shape index (κ1) is 20.2. The molecule has 134 valence electrons. The summed E-state index contributed by atoms with van der Waals surface area (Å²) in [6.07, 6.45) is -4.15. The van der Waals surface area contributed by atoms with Gasteiger partial charge < -0.3 is 15.5 Å². The summed E-state index contributed by atoms with van der Waals surface area (Å²) in [6, 6.07) is 4.15. The number of hydrogen-bond acceptors (Lipinski definition) is 3. The van der Waals surface area contributed by atoms with E-state index >= 15 is 0 Å². The lowest BCUT2D eigenvalue weighted by atomic mass is 10.1. The highest BCUT2D eigenvalue weighted by atomic mass is 35.5. The molecule has 1 aliphatic rings. The van der Waals surface area contributed by atoms with Crippen molar-refractivity contribution >= 4 is 24.2 Å². The highest BCUT2D eigenvalue weighted by molar-refractivity contribution is 5.94. The van der Waals surface area contributed by atoms with Crippen LogP contribution in [0.4, 0.5) is 13.2 Å². The Labute approximate surface area is 144 Å². The van der Waals surface area contributed by atoms with Crippen molar-refractivity contribution in [2.45, 2.75) is 12.6 Å². The SMILES string of the molecule is Cl.NCCC(=O)N1CCN(C(=O)c2ccc(C(F)(F)F)cc2)CC1. The third-order valence-corrected chi connectivity index (χ3v) is 3.74. The molecule has 1 saturated heterocycles. The second-order valence-electron chi connectivity index (χ2n) is 5.29. The second-order valence-corrected chi connectivity index (χ2v) is 5.29. The first-order valence-electron chi connectivity index (χ1n) is 7.27. The number of nitrogens with zero attached hydrogens (tertiary/aromatic N) is 2. The van der Waals surface area contributed by atoms with Crippen LogP contribution in [0.15, 0.2) is 24.3 Å². The molecule has 0 radical (unpaired) electrons. The molecule has 1 aromatic rings. The molecule has 2 amide bonds. The molecule has 0 unspecified atom stereocenters. The summed E-state index contributed by atoms with van der Waals surface area (Å²) in [5.74, 6) is -0.376. The van der Waals surface area contributed by atoms with Gasteiger partial charge in [0, 0.05) is 44.7 Å². The smallest absolute Gasteiger partial charge is 0.339 e. The summed E-state index contributed by atoms with van der Waals surface area (Å²) in [7, 11) is 0. The maximum Gasteiger partial charge on any atom is 0.416 e. The number of benzene rings is 1.